The van der Waals surface area contributed by atoms with Crippen LogP contribution in [0.3, 0.4) is 0 Å². The summed E-state index contributed by atoms with van der Waals surface area (Å²) in [6.07, 6.45) is 3.32. The van der Waals surface area contributed by atoms with E-state index < -0.39 is 5.82 Å². The molecular formula is C10H17FN4. The van der Waals surface area contributed by atoms with Gasteiger partial charge in [-0.2, -0.15) is 0 Å². The molecule has 0 saturated heterocycles. The standard InChI is InChI=1S/C10H17FN4/c1-8(4-5-15(2)3)14-10-12-6-9(11)7-13-10/h6-8H,4-5H2,1-3H3,(H,12,13,14). The van der Waals surface area contributed by atoms with Gasteiger partial charge in [0, 0.05) is 6.04 Å². The van der Waals surface area contributed by atoms with E-state index in [1.54, 1.807) is 0 Å². The van der Waals surface area contributed by atoms with Crippen molar-refractivity contribution in [1.29, 1.82) is 0 Å². The molecule has 84 valence electrons. The SMILES string of the molecule is CC(CCN(C)C)Nc1ncc(F)cn1. The minimum absolute atomic E-state index is 0.276. The lowest BCUT2D eigenvalue weighted by atomic mass is 10.2. The van der Waals surface area contributed by atoms with Crippen molar-refractivity contribution in [3.63, 3.8) is 0 Å². The second kappa shape index (κ2) is 5.60. The average molecular weight is 212 g/mol. The zero-order chi connectivity index (χ0) is 11.3. The van der Waals surface area contributed by atoms with Crippen LogP contribution in [-0.4, -0.2) is 41.5 Å². The number of nitrogens with zero attached hydrogens (tertiary/aromatic N) is 3. The van der Waals surface area contributed by atoms with Crippen molar-refractivity contribution in [1.82, 2.24) is 14.9 Å². The largest absolute Gasteiger partial charge is 0.352 e. The van der Waals surface area contributed by atoms with E-state index in [0.29, 0.717) is 5.95 Å². The van der Waals surface area contributed by atoms with Crippen molar-refractivity contribution >= 4 is 5.95 Å². The molecule has 0 aromatic carbocycles. The Morgan fingerprint density at radius 2 is 2.00 bits per heavy atom. The molecule has 15 heavy (non-hydrogen) atoms. The number of rotatable bonds is 5. The Bertz CT molecular complexity index is 286. The minimum atomic E-state index is -0.415. The van der Waals surface area contributed by atoms with E-state index in [0.717, 1.165) is 25.4 Å². The summed E-state index contributed by atoms with van der Waals surface area (Å²) in [5.41, 5.74) is 0. The molecule has 1 aromatic heterocycles. The Kier molecular flexibility index (Phi) is 4.42. The molecule has 0 fully saturated rings. The summed E-state index contributed by atoms with van der Waals surface area (Å²) in [5, 5.41) is 3.11. The van der Waals surface area contributed by atoms with Gasteiger partial charge in [0.25, 0.3) is 0 Å². The fourth-order valence-corrected chi connectivity index (χ4v) is 1.13. The van der Waals surface area contributed by atoms with Crippen LogP contribution >= 0.6 is 0 Å². The Morgan fingerprint density at radius 3 is 2.53 bits per heavy atom. The first-order valence-corrected chi connectivity index (χ1v) is 4.96. The molecule has 4 nitrogen and oxygen atoms in total. The number of nitrogens with one attached hydrogen (secondary N) is 1. The van der Waals surface area contributed by atoms with Gasteiger partial charge in [-0.05, 0) is 34.0 Å². The molecule has 0 saturated carbocycles. The number of halogens is 1. The first kappa shape index (κ1) is 11.8. The van der Waals surface area contributed by atoms with Crippen molar-refractivity contribution in [3.8, 4) is 0 Å². The van der Waals surface area contributed by atoms with E-state index in [1.807, 2.05) is 14.1 Å². The maximum absolute atomic E-state index is 12.5. The third-order valence-electron chi connectivity index (χ3n) is 2.01. The van der Waals surface area contributed by atoms with Gasteiger partial charge in [-0.3, -0.25) is 0 Å². The van der Waals surface area contributed by atoms with Gasteiger partial charge in [-0.15, -0.1) is 0 Å². The van der Waals surface area contributed by atoms with Gasteiger partial charge < -0.3 is 10.2 Å². The predicted molar refractivity (Wildman–Crippen MR) is 58.2 cm³/mol. The highest BCUT2D eigenvalue weighted by molar-refractivity contribution is 5.23. The summed E-state index contributed by atoms with van der Waals surface area (Å²) in [6.45, 7) is 3.05. The van der Waals surface area contributed by atoms with Gasteiger partial charge in [0.1, 0.15) is 0 Å². The van der Waals surface area contributed by atoms with Gasteiger partial charge >= 0.3 is 0 Å². The third-order valence-corrected chi connectivity index (χ3v) is 2.01. The summed E-state index contributed by atoms with van der Waals surface area (Å²) in [4.78, 5) is 9.78. The van der Waals surface area contributed by atoms with Gasteiger partial charge in [0.05, 0.1) is 12.4 Å². The molecule has 0 amide bonds. The molecule has 0 aliphatic heterocycles. The minimum Gasteiger partial charge on any atom is -0.352 e. The first-order chi connectivity index (χ1) is 7.08. The average Bonchev–Trinajstić information content (AvgIpc) is 2.19. The number of anilines is 1. The molecule has 0 aliphatic rings. The predicted octanol–water partition coefficient (Wildman–Crippen LogP) is 1.37. The Balaban J connectivity index is 2.37. The summed E-state index contributed by atoms with van der Waals surface area (Å²) < 4.78 is 12.5. The summed E-state index contributed by atoms with van der Waals surface area (Å²) in [6, 6.07) is 0.276. The summed E-state index contributed by atoms with van der Waals surface area (Å²) in [7, 11) is 4.06. The molecular weight excluding hydrogens is 195 g/mol. The quantitative estimate of drug-likeness (QED) is 0.800. The monoisotopic (exact) mass is 212 g/mol. The zero-order valence-electron chi connectivity index (χ0n) is 9.37. The highest BCUT2D eigenvalue weighted by Crippen LogP contribution is 2.03. The van der Waals surface area contributed by atoms with E-state index in [4.69, 9.17) is 0 Å². The number of hydrogen-bond acceptors (Lipinski definition) is 4. The zero-order valence-corrected chi connectivity index (χ0v) is 9.37. The highest BCUT2D eigenvalue weighted by Gasteiger charge is 2.04. The second-order valence-electron chi connectivity index (χ2n) is 3.86. The van der Waals surface area contributed by atoms with Crippen LogP contribution in [0.25, 0.3) is 0 Å². The fourth-order valence-electron chi connectivity index (χ4n) is 1.13. The van der Waals surface area contributed by atoms with Crippen molar-refractivity contribution in [2.45, 2.75) is 19.4 Å². The van der Waals surface area contributed by atoms with Gasteiger partial charge in [-0.1, -0.05) is 0 Å². The van der Waals surface area contributed by atoms with E-state index in [2.05, 4.69) is 27.1 Å². The van der Waals surface area contributed by atoms with E-state index in [-0.39, 0.29) is 6.04 Å². The van der Waals surface area contributed by atoms with Gasteiger partial charge in [0.2, 0.25) is 5.95 Å². The second-order valence-corrected chi connectivity index (χ2v) is 3.86. The number of hydrogen-bond donors (Lipinski definition) is 1. The van der Waals surface area contributed by atoms with E-state index in [9.17, 15) is 4.39 Å². The maximum atomic E-state index is 12.5. The topological polar surface area (TPSA) is 41.0 Å². The van der Waals surface area contributed by atoms with Gasteiger partial charge in [-0.25, -0.2) is 14.4 Å². The lowest BCUT2D eigenvalue weighted by Crippen LogP contribution is -2.23. The molecule has 1 atom stereocenters. The highest BCUT2D eigenvalue weighted by atomic mass is 19.1. The Labute approximate surface area is 89.5 Å². The Morgan fingerprint density at radius 1 is 1.40 bits per heavy atom. The molecule has 0 aliphatic carbocycles. The maximum Gasteiger partial charge on any atom is 0.222 e. The van der Waals surface area contributed by atoms with Crippen LogP contribution in [-0.2, 0) is 0 Å². The lowest BCUT2D eigenvalue weighted by Gasteiger charge is -2.16. The summed E-state index contributed by atoms with van der Waals surface area (Å²) >= 11 is 0. The van der Waals surface area contributed by atoms with Crippen LogP contribution in [0.2, 0.25) is 0 Å². The molecule has 1 unspecified atom stereocenters. The Hall–Kier alpha value is -1.23. The number of aromatic nitrogens is 2. The van der Waals surface area contributed by atoms with E-state index >= 15 is 0 Å². The van der Waals surface area contributed by atoms with Crippen LogP contribution in [0.15, 0.2) is 12.4 Å². The molecule has 1 aromatic rings. The molecule has 1 rings (SSSR count). The molecule has 0 spiro atoms. The smallest absolute Gasteiger partial charge is 0.222 e. The fraction of sp³-hybridized carbons (Fsp3) is 0.600. The van der Waals surface area contributed by atoms with Crippen LogP contribution in [0.5, 0.6) is 0 Å². The molecule has 0 bridgehead atoms. The van der Waals surface area contributed by atoms with Crippen LogP contribution in [0.1, 0.15) is 13.3 Å². The van der Waals surface area contributed by atoms with Crippen LogP contribution < -0.4 is 5.32 Å². The molecule has 1 N–H and O–H groups in total. The van der Waals surface area contributed by atoms with Crippen LogP contribution in [0, 0.1) is 5.82 Å². The lowest BCUT2D eigenvalue weighted by molar-refractivity contribution is 0.390. The first-order valence-electron chi connectivity index (χ1n) is 4.96. The molecule has 5 heteroatoms. The van der Waals surface area contributed by atoms with Crippen molar-refractivity contribution in [3.05, 3.63) is 18.2 Å². The van der Waals surface area contributed by atoms with Crippen LogP contribution in [0.4, 0.5) is 10.3 Å². The van der Waals surface area contributed by atoms with E-state index in [1.165, 1.54) is 0 Å². The molecule has 1 heterocycles. The van der Waals surface area contributed by atoms with Crippen molar-refractivity contribution in [2.75, 3.05) is 26.0 Å². The van der Waals surface area contributed by atoms with Crippen molar-refractivity contribution < 1.29 is 4.39 Å². The van der Waals surface area contributed by atoms with Gasteiger partial charge in [0.15, 0.2) is 5.82 Å². The summed E-state index contributed by atoms with van der Waals surface area (Å²) in [5.74, 6) is 0.0594. The van der Waals surface area contributed by atoms with Crippen molar-refractivity contribution in [2.24, 2.45) is 0 Å². The normalized spacial score (nSPS) is 12.9. The third kappa shape index (κ3) is 4.69. The molecule has 0 radical (unpaired) electrons.